The number of hydrogen-bond acceptors (Lipinski definition) is 4. The summed E-state index contributed by atoms with van der Waals surface area (Å²) in [4.78, 5) is 35.9. The van der Waals surface area contributed by atoms with E-state index >= 15 is 0 Å². The first-order chi connectivity index (χ1) is 17.0. The molecule has 0 aliphatic heterocycles. The van der Waals surface area contributed by atoms with E-state index in [4.69, 9.17) is 9.84 Å². The molecule has 0 bridgehead atoms. The molecule has 2 aliphatic rings. The summed E-state index contributed by atoms with van der Waals surface area (Å²) in [6.07, 6.45) is 3.30. The lowest BCUT2D eigenvalue weighted by Gasteiger charge is -2.29. The summed E-state index contributed by atoms with van der Waals surface area (Å²) in [5, 5.41) is 14.8. The Kier molecular flexibility index (Phi) is 8.06. The predicted molar refractivity (Wildman–Crippen MR) is 133 cm³/mol. The predicted octanol–water partition coefficient (Wildman–Crippen LogP) is 4.70. The molecule has 0 unspecified atom stereocenters. The molecule has 7 nitrogen and oxygen atoms in total. The monoisotopic (exact) mass is 478 g/mol. The minimum Gasteiger partial charge on any atom is -0.481 e. The van der Waals surface area contributed by atoms with E-state index in [1.165, 1.54) is 22.3 Å². The third-order valence-electron chi connectivity index (χ3n) is 7.36. The highest BCUT2D eigenvalue weighted by molar-refractivity contribution is 5.80. The molecule has 4 rings (SSSR count). The number of rotatable bonds is 9. The van der Waals surface area contributed by atoms with Crippen LogP contribution in [-0.4, -0.2) is 42.3 Å². The van der Waals surface area contributed by atoms with Gasteiger partial charge in [-0.1, -0.05) is 55.5 Å². The minimum absolute atomic E-state index is 0.0372. The zero-order chi connectivity index (χ0) is 24.8. The quantitative estimate of drug-likeness (QED) is 0.485. The fraction of sp³-hybridized carbons (Fsp3) is 0.464. The van der Waals surface area contributed by atoms with Crippen LogP contribution in [-0.2, 0) is 14.3 Å². The molecule has 0 saturated heterocycles. The first-order valence-electron chi connectivity index (χ1n) is 12.6. The molecule has 7 heteroatoms. The minimum atomic E-state index is -0.903. The van der Waals surface area contributed by atoms with Crippen molar-refractivity contribution in [1.29, 1.82) is 0 Å². The molecule has 0 radical (unpaired) electrons. The average molecular weight is 479 g/mol. The second-order valence-corrected chi connectivity index (χ2v) is 9.64. The van der Waals surface area contributed by atoms with E-state index in [1.807, 2.05) is 31.2 Å². The largest absolute Gasteiger partial charge is 0.481 e. The van der Waals surface area contributed by atoms with Crippen LogP contribution >= 0.6 is 0 Å². The summed E-state index contributed by atoms with van der Waals surface area (Å²) >= 11 is 0. The van der Waals surface area contributed by atoms with Crippen LogP contribution in [0.15, 0.2) is 48.5 Å². The molecule has 2 amide bonds. The van der Waals surface area contributed by atoms with Crippen molar-refractivity contribution in [1.82, 2.24) is 10.6 Å². The molecule has 1 atom stereocenters. The Labute approximate surface area is 206 Å². The SMILES string of the molecule is CC[C@H](CC(=O)O)NC(=O)C1CCC(CNC(=O)OCC2c3ccccc3-c3ccccc32)CC1. The van der Waals surface area contributed by atoms with Gasteiger partial charge in [0.15, 0.2) is 0 Å². The van der Waals surface area contributed by atoms with Crippen LogP contribution in [0.3, 0.4) is 0 Å². The van der Waals surface area contributed by atoms with Crippen molar-refractivity contribution in [2.75, 3.05) is 13.2 Å². The van der Waals surface area contributed by atoms with Crippen molar-refractivity contribution < 1.29 is 24.2 Å². The van der Waals surface area contributed by atoms with Crippen LogP contribution in [0.5, 0.6) is 0 Å². The van der Waals surface area contributed by atoms with Crippen molar-refractivity contribution in [2.24, 2.45) is 11.8 Å². The van der Waals surface area contributed by atoms with Gasteiger partial charge in [-0.15, -0.1) is 0 Å². The van der Waals surface area contributed by atoms with Gasteiger partial charge in [0.1, 0.15) is 6.61 Å². The number of nitrogens with one attached hydrogen (secondary N) is 2. The molecule has 2 aliphatic carbocycles. The lowest BCUT2D eigenvalue weighted by Crippen LogP contribution is -2.41. The summed E-state index contributed by atoms with van der Waals surface area (Å²) in [5.41, 5.74) is 4.77. The Morgan fingerprint density at radius 1 is 0.971 bits per heavy atom. The van der Waals surface area contributed by atoms with Gasteiger partial charge in [-0.3, -0.25) is 9.59 Å². The maximum atomic E-state index is 12.5. The van der Waals surface area contributed by atoms with Crippen LogP contribution in [0.25, 0.3) is 11.1 Å². The van der Waals surface area contributed by atoms with Gasteiger partial charge in [-0.25, -0.2) is 4.79 Å². The number of ether oxygens (including phenoxy) is 1. The van der Waals surface area contributed by atoms with Crippen LogP contribution in [0.1, 0.15) is 62.5 Å². The van der Waals surface area contributed by atoms with Crippen LogP contribution in [0, 0.1) is 11.8 Å². The molecule has 0 heterocycles. The van der Waals surface area contributed by atoms with Gasteiger partial charge in [0.25, 0.3) is 0 Å². The van der Waals surface area contributed by atoms with Crippen molar-refractivity contribution >= 4 is 18.0 Å². The Bertz CT molecular complexity index is 1020. The molecule has 2 aromatic carbocycles. The third kappa shape index (κ3) is 6.02. The highest BCUT2D eigenvalue weighted by Gasteiger charge is 2.30. The van der Waals surface area contributed by atoms with Gasteiger partial charge in [-0.2, -0.15) is 0 Å². The van der Waals surface area contributed by atoms with Crippen molar-refractivity contribution in [3.63, 3.8) is 0 Å². The first kappa shape index (κ1) is 24.8. The summed E-state index contributed by atoms with van der Waals surface area (Å²) in [6.45, 7) is 2.70. The van der Waals surface area contributed by atoms with Gasteiger partial charge in [0.05, 0.1) is 6.42 Å². The van der Waals surface area contributed by atoms with Crippen LogP contribution in [0.4, 0.5) is 4.79 Å². The average Bonchev–Trinajstić information content (AvgIpc) is 3.19. The molecular weight excluding hydrogens is 444 g/mol. The van der Waals surface area contributed by atoms with Gasteiger partial charge in [0, 0.05) is 24.4 Å². The number of alkyl carbamates (subject to hydrolysis) is 1. The molecule has 0 spiro atoms. The number of hydrogen-bond donors (Lipinski definition) is 3. The van der Waals surface area contributed by atoms with E-state index in [1.54, 1.807) is 0 Å². The topological polar surface area (TPSA) is 105 Å². The summed E-state index contributed by atoms with van der Waals surface area (Å²) in [5.74, 6) is -0.708. The lowest BCUT2D eigenvalue weighted by molar-refractivity contribution is -0.138. The number of benzene rings is 2. The van der Waals surface area contributed by atoms with Crippen molar-refractivity contribution in [3.05, 3.63) is 59.7 Å². The highest BCUT2D eigenvalue weighted by atomic mass is 16.5. The second-order valence-electron chi connectivity index (χ2n) is 9.64. The number of carbonyl (C=O) groups excluding carboxylic acids is 2. The normalized spacial score (nSPS) is 19.8. The molecule has 1 saturated carbocycles. The smallest absolute Gasteiger partial charge is 0.407 e. The van der Waals surface area contributed by atoms with Gasteiger partial charge in [-0.05, 0) is 60.3 Å². The number of aliphatic carboxylic acids is 1. The summed E-state index contributed by atoms with van der Waals surface area (Å²) < 4.78 is 5.62. The van der Waals surface area contributed by atoms with E-state index < -0.39 is 12.1 Å². The number of fused-ring (bicyclic) bond motifs is 3. The zero-order valence-corrected chi connectivity index (χ0v) is 20.2. The van der Waals surface area contributed by atoms with Gasteiger partial charge in [0.2, 0.25) is 5.91 Å². The van der Waals surface area contributed by atoms with E-state index in [-0.39, 0.29) is 30.2 Å². The maximum absolute atomic E-state index is 12.5. The van der Waals surface area contributed by atoms with Crippen molar-refractivity contribution in [3.8, 4) is 11.1 Å². The fourth-order valence-corrected chi connectivity index (χ4v) is 5.33. The Hall–Kier alpha value is -3.35. The summed E-state index contributed by atoms with van der Waals surface area (Å²) in [7, 11) is 0. The third-order valence-corrected chi connectivity index (χ3v) is 7.36. The molecular formula is C28H34N2O5. The van der Waals surface area contributed by atoms with Gasteiger partial charge < -0.3 is 20.5 Å². The number of carboxylic acid groups (broad SMARTS) is 1. The molecule has 1 fully saturated rings. The van der Waals surface area contributed by atoms with E-state index in [0.717, 1.165) is 25.7 Å². The molecule has 0 aromatic heterocycles. The van der Waals surface area contributed by atoms with Crippen LogP contribution in [0.2, 0.25) is 0 Å². The number of carboxylic acids is 1. The molecule has 2 aromatic rings. The lowest BCUT2D eigenvalue weighted by atomic mass is 9.81. The van der Waals surface area contributed by atoms with Gasteiger partial charge >= 0.3 is 12.1 Å². The van der Waals surface area contributed by atoms with E-state index in [0.29, 0.717) is 25.5 Å². The maximum Gasteiger partial charge on any atom is 0.407 e. The van der Waals surface area contributed by atoms with Crippen LogP contribution < -0.4 is 10.6 Å². The van der Waals surface area contributed by atoms with Crippen molar-refractivity contribution in [2.45, 2.75) is 57.4 Å². The molecule has 3 N–H and O–H groups in total. The number of carbonyl (C=O) groups is 3. The molecule has 35 heavy (non-hydrogen) atoms. The second kappa shape index (κ2) is 11.4. The van der Waals surface area contributed by atoms with E-state index in [9.17, 15) is 14.4 Å². The summed E-state index contributed by atoms with van der Waals surface area (Å²) in [6, 6.07) is 16.2. The Morgan fingerprint density at radius 2 is 1.57 bits per heavy atom. The standard InChI is InChI=1S/C28H34N2O5/c1-2-20(15-26(31)32)30-27(33)19-13-11-18(12-14-19)16-29-28(34)35-17-25-23-9-5-3-7-21(23)22-8-4-6-10-24(22)25/h3-10,18-20,25H,2,11-17H2,1H3,(H,29,34)(H,30,33)(H,31,32)/t18?,19?,20-/m1/s1. The van der Waals surface area contributed by atoms with E-state index in [2.05, 4.69) is 34.9 Å². The number of amides is 2. The molecule has 186 valence electrons. The first-order valence-corrected chi connectivity index (χ1v) is 12.6. The highest BCUT2D eigenvalue weighted by Crippen LogP contribution is 2.44. The Morgan fingerprint density at radius 3 is 2.14 bits per heavy atom. The zero-order valence-electron chi connectivity index (χ0n) is 20.2. The Balaban J connectivity index is 1.20. The fourth-order valence-electron chi connectivity index (χ4n) is 5.33.